The van der Waals surface area contributed by atoms with Crippen LogP contribution < -0.4 is 0 Å². The number of carbonyl (C=O) groups excluding carboxylic acids is 1. The van der Waals surface area contributed by atoms with Gasteiger partial charge >= 0.3 is 12.1 Å². The van der Waals surface area contributed by atoms with Gasteiger partial charge in [-0.3, -0.25) is 14.4 Å². The first-order valence-corrected chi connectivity index (χ1v) is 8.29. The molecule has 1 aromatic rings. The molecule has 26 heavy (non-hydrogen) atoms. The van der Waals surface area contributed by atoms with Crippen molar-refractivity contribution in [2.75, 3.05) is 26.7 Å². The van der Waals surface area contributed by atoms with Crippen molar-refractivity contribution in [1.82, 2.24) is 19.6 Å². The van der Waals surface area contributed by atoms with Crippen LogP contribution in [0.25, 0.3) is 0 Å². The molecule has 1 spiro atoms. The summed E-state index contributed by atoms with van der Waals surface area (Å²) in [6, 6.07) is 0. The number of aryl methyl sites for hydroxylation is 1. The fraction of sp³-hybridized carbons (Fsp3) is 0.688. The van der Waals surface area contributed by atoms with E-state index in [2.05, 4.69) is 16.2 Å². The van der Waals surface area contributed by atoms with Crippen LogP contribution in [0.5, 0.6) is 0 Å². The number of likely N-dealkylation sites (tertiary alicyclic amines) is 2. The zero-order chi connectivity index (χ0) is 19.5. The molecule has 1 aromatic heterocycles. The molecule has 2 aliphatic heterocycles. The quantitative estimate of drug-likeness (QED) is 0.846. The van der Waals surface area contributed by atoms with Crippen LogP contribution in [-0.2, 0) is 23.2 Å². The zero-order valence-electron chi connectivity index (χ0n) is 14.8. The lowest BCUT2D eigenvalue weighted by molar-refractivity contribution is -0.192. The Hall–Kier alpha value is -2.10. The van der Waals surface area contributed by atoms with E-state index in [1.807, 2.05) is 29.9 Å². The Balaban J connectivity index is 0.000000298. The number of halogens is 3. The van der Waals surface area contributed by atoms with E-state index in [1.54, 1.807) is 0 Å². The van der Waals surface area contributed by atoms with E-state index in [4.69, 9.17) is 9.90 Å². The van der Waals surface area contributed by atoms with Gasteiger partial charge in [-0.2, -0.15) is 18.3 Å². The van der Waals surface area contributed by atoms with Crippen LogP contribution in [0, 0.1) is 5.41 Å². The van der Waals surface area contributed by atoms with Gasteiger partial charge in [-0.15, -0.1) is 0 Å². The Morgan fingerprint density at radius 1 is 1.23 bits per heavy atom. The largest absolute Gasteiger partial charge is 0.490 e. The maximum atomic E-state index is 12.2. The Bertz CT molecular complexity index is 651. The minimum Gasteiger partial charge on any atom is -0.475 e. The number of aromatic nitrogens is 2. The minimum atomic E-state index is -5.08. The molecule has 0 radical (unpaired) electrons. The second-order valence-corrected chi connectivity index (χ2v) is 6.86. The van der Waals surface area contributed by atoms with Gasteiger partial charge in [-0.05, 0) is 32.4 Å². The monoisotopic (exact) mass is 376 g/mol. The molecule has 10 heteroatoms. The lowest BCUT2D eigenvalue weighted by Gasteiger charge is -2.37. The van der Waals surface area contributed by atoms with E-state index in [1.165, 1.54) is 5.56 Å². The van der Waals surface area contributed by atoms with Gasteiger partial charge in [0.25, 0.3) is 0 Å². The van der Waals surface area contributed by atoms with E-state index in [0.717, 1.165) is 45.4 Å². The lowest BCUT2D eigenvalue weighted by atomic mass is 9.77. The summed E-state index contributed by atoms with van der Waals surface area (Å²) in [5.74, 6) is -2.39. The highest BCUT2D eigenvalue weighted by Gasteiger charge is 2.46. The molecule has 2 saturated heterocycles. The van der Waals surface area contributed by atoms with Gasteiger partial charge in [-0.1, -0.05) is 0 Å². The number of nitrogens with zero attached hydrogens (tertiary/aromatic N) is 4. The van der Waals surface area contributed by atoms with Crippen LogP contribution in [-0.4, -0.2) is 69.4 Å². The Labute approximate surface area is 149 Å². The molecule has 7 nitrogen and oxygen atoms in total. The van der Waals surface area contributed by atoms with Crippen LogP contribution in [0.1, 0.15) is 24.8 Å². The first-order chi connectivity index (χ1) is 12.0. The van der Waals surface area contributed by atoms with Gasteiger partial charge in [0.1, 0.15) is 0 Å². The molecular weight excluding hydrogens is 353 g/mol. The van der Waals surface area contributed by atoms with Crippen molar-refractivity contribution < 1.29 is 27.9 Å². The molecule has 1 N–H and O–H groups in total. The number of hydrogen-bond acceptors (Lipinski definition) is 4. The van der Waals surface area contributed by atoms with E-state index in [9.17, 15) is 18.0 Å². The maximum absolute atomic E-state index is 12.2. The number of amides is 1. The summed E-state index contributed by atoms with van der Waals surface area (Å²) in [6.45, 7) is 3.93. The van der Waals surface area contributed by atoms with Gasteiger partial charge in [0.15, 0.2) is 0 Å². The molecule has 146 valence electrons. The van der Waals surface area contributed by atoms with Crippen LogP contribution in [0.15, 0.2) is 12.4 Å². The molecule has 1 amide bonds. The molecular formula is C16H23F3N4O3. The Kier molecular flexibility index (Phi) is 5.94. The predicted octanol–water partition coefficient (Wildman–Crippen LogP) is 1.50. The third-order valence-corrected chi connectivity index (χ3v) is 4.95. The van der Waals surface area contributed by atoms with E-state index in [0.29, 0.717) is 5.91 Å². The number of piperidine rings is 1. The first kappa shape index (κ1) is 20.2. The zero-order valence-corrected chi connectivity index (χ0v) is 14.8. The third-order valence-electron chi connectivity index (χ3n) is 4.95. The second kappa shape index (κ2) is 7.65. The van der Waals surface area contributed by atoms with Crippen LogP contribution >= 0.6 is 0 Å². The van der Waals surface area contributed by atoms with Crippen LogP contribution in [0.3, 0.4) is 0 Å². The average molecular weight is 376 g/mol. The maximum Gasteiger partial charge on any atom is 0.490 e. The summed E-state index contributed by atoms with van der Waals surface area (Å²) in [5.41, 5.74) is 1.22. The lowest BCUT2D eigenvalue weighted by Crippen LogP contribution is -2.43. The molecule has 0 saturated carbocycles. The summed E-state index contributed by atoms with van der Waals surface area (Å²) < 4.78 is 33.6. The highest BCUT2D eigenvalue weighted by atomic mass is 19.4. The summed E-state index contributed by atoms with van der Waals surface area (Å²) >= 11 is 0. The molecule has 0 unspecified atom stereocenters. The molecule has 0 bridgehead atoms. The fourth-order valence-electron chi connectivity index (χ4n) is 3.41. The highest BCUT2D eigenvalue weighted by Crippen LogP contribution is 2.41. The number of rotatable bonds is 2. The van der Waals surface area contributed by atoms with E-state index in [-0.39, 0.29) is 5.41 Å². The summed E-state index contributed by atoms with van der Waals surface area (Å²) in [5, 5.41) is 11.3. The number of aliphatic carboxylic acids is 1. The number of hydrogen-bond donors (Lipinski definition) is 1. The average Bonchev–Trinajstić information content (AvgIpc) is 3.08. The predicted molar refractivity (Wildman–Crippen MR) is 86.1 cm³/mol. The van der Waals surface area contributed by atoms with Gasteiger partial charge in [0.2, 0.25) is 5.91 Å². The summed E-state index contributed by atoms with van der Waals surface area (Å²) in [7, 11) is 3.88. The smallest absolute Gasteiger partial charge is 0.475 e. The minimum absolute atomic E-state index is 0.0415. The van der Waals surface area contributed by atoms with Crippen molar-refractivity contribution in [1.29, 1.82) is 0 Å². The first-order valence-electron chi connectivity index (χ1n) is 8.29. The number of carboxylic acid groups (broad SMARTS) is 1. The highest BCUT2D eigenvalue weighted by molar-refractivity contribution is 5.84. The molecule has 0 aliphatic carbocycles. The summed E-state index contributed by atoms with van der Waals surface area (Å²) in [4.78, 5) is 25.5. The van der Waals surface area contributed by atoms with Crippen molar-refractivity contribution in [2.45, 2.75) is 32.0 Å². The number of carboxylic acids is 1. The van der Waals surface area contributed by atoms with Crippen LogP contribution in [0.4, 0.5) is 13.2 Å². The second-order valence-electron chi connectivity index (χ2n) is 6.86. The molecule has 0 atom stereocenters. The Morgan fingerprint density at radius 3 is 2.15 bits per heavy atom. The van der Waals surface area contributed by atoms with E-state index < -0.39 is 12.1 Å². The van der Waals surface area contributed by atoms with Gasteiger partial charge in [0, 0.05) is 38.9 Å². The SMILES string of the molecule is CN1CCC2(CCN(Cc3cnn(C)c3)CC2)C1=O.O=C(O)C(F)(F)F. The van der Waals surface area contributed by atoms with Gasteiger partial charge in [0.05, 0.1) is 11.6 Å². The van der Waals surface area contributed by atoms with Crippen molar-refractivity contribution >= 4 is 11.9 Å². The molecule has 2 fully saturated rings. The molecule has 2 aliphatic rings. The fourth-order valence-corrected chi connectivity index (χ4v) is 3.41. The summed E-state index contributed by atoms with van der Waals surface area (Å²) in [6.07, 6.45) is 1.98. The molecule has 3 heterocycles. The number of alkyl halides is 3. The Morgan fingerprint density at radius 2 is 1.77 bits per heavy atom. The number of carbonyl (C=O) groups is 2. The van der Waals surface area contributed by atoms with Crippen molar-refractivity contribution in [2.24, 2.45) is 12.5 Å². The van der Waals surface area contributed by atoms with Crippen molar-refractivity contribution in [3.63, 3.8) is 0 Å². The van der Waals surface area contributed by atoms with E-state index >= 15 is 0 Å². The normalized spacial score (nSPS) is 20.2. The van der Waals surface area contributed by atoms with Crippen molar-refractivity contribution in [3.8, 4) is 0 Å². The third kappa shape index (κ3) is 4.75. The molecule has 0 aromatic carbocycles. The van der Waals surface area contributed by atoms with Gasteiger partial charge < -0.3 is 10.0 Å². The van der Waals surface area contributed by atoms with Crippen LogP contribution in [0.2, 0.25) is 0 Å². The van der Waals surface area contributed by atoms with Gasteiger partial charge in [-0.25, -0.2) is 4.79 Å². The standard InChI is InChI=1S/C14H22N4O.C2HF3O2/c1-16-6-3-14(13(16)19)4-7-18(8-5-14)11-12-9-15-17(2)10-12;3-2(4,5)1(6)7/h9-10H,3-8,11H2,1-2H3;(H,6,7). The van der Waals surface area contributed by atoms with Crippen molar-refractivity contribution in [3.05, 3.63) is 18.0 Å². The topological polar surface area (TPSA) is 78.7 Å². The molecule has 3 rings (SSSR count).